The lowest BCUT2D eigenvalue weighted by molar-refractivity contribution is -0.127. The van der Waals surface area contributed by atoms with Gasteiger partial charge >= 0.3 is 0 Å². The Morgan fingerprint density at radius 1 is 1.30 bits per heavy atom. The van der Waals surface area contributed by atoms with Gasteiger partial charge in [-0.15, -0.1) is 0 Å². The quantitative estimate of drug-likeness (QED) is 0.890. The van der Waals surface area contributed by atoms with E-state index < -0.39 is 0 Å². The largest absolute Gasteiger partial charge is 0.497 e. The second-order valence-corrected chi connectivity index (χ2v) is 7.00. The van der Waals surface area contributed by atoms with E-state index in [-0.39, 0.29) is 11.8 Å². The van der Waals surface area contributed by atoms with Crippen LogP contribution in [0.4, 0.5) is 0 Å². The van der Waals surface area contributed by atoms with Gasteiger partial charge in [0, 0.05) is 18.1 Å². The minimum absolute atomic E-state index is 0.109. The van der Waals surface area contributed by atoms with Gasteiger partial charge in [-0.1, -0.05) is 0 Å². The zero-order chi connectivity index (χ0) is 15.8. The number of piperidine rings is 1. The number of rotatable bonds is 3. The van der Waals surface area contributed by atoms with E-state index >= 15 is 0 Å². The lowest BCUT2D eigenvalue weighted by atomic mass is 9.94. The van der Waals surface area contributed by atoms with Crippen LogP contribution >= 0.6 is 0 Å². The molecular formula is C18H24N2O3. The minimum atomic E-state index is -0.109. The molecule has 0 aliphatic carbocycles. The summed E-state index contributed by atoms with van der Waals surface area (Å²) in [7, 11) is 1.65. The number of benzene rings is 1. The van der Waals surface area contributed by atoms with Crippen LogP contribution in [0.25, 0.3) is 0 Å². The highest BCUT2D eigenvalue weighted by molar-refractivity contribution is 5.80. The molecule has 0 saturated carbocycles. The van der Waals surface area contributed by atoms with Crippen molar-refractivity contribution in [3.8, 4) is 11.5 Å². The molecule has 23 heavy (non-hydrogen) atoms. The summed E-state index contributed by atoms with van der Waals surface area (Å²) in [5.74, 6) is 1.70. The summed E-state index contributed by atoms with van der Waals surface area (Å²) in [6.45, 7) is 0.461. The fraction of sp³-hybridized carbons (Fsp3) is 0.611. The fourth-order valence-electron chi connectivity index (χ4n) is 4.16. The second-order valence-electron chi connectivity index (χ2n) is 7.00. The number of carbonyl (C=O) groups excluding carboxylic acids is 1. The summed E-state index contributed by atoms with van der Waals surface area (Å²) in [6, 6.07) is 7.28. The highest BCUT2D eigenvalue weighted by Gasteiger charge is 2.35. The summed E-state index contributed by atoms with van der Waals surface area (Å²) >= 11 is 0. The highest BCUT2D eigenvalue weighted by Crippen LogP contribution is 2.31. The van der Waals surface area contributed by atoms with E-state index in [1.165, 1.54) is 12.8 Å². The second kappa shape index (κ2) is 6.04. The third-order valence-electron chi connectivity index (χ3n) is 5.36. The van der Waals surface area contributed by atoms with E-state index in [1.807, 2.05) is 18.2 Å². The predicted molar refractivity (Wildman–Crippen MR) is 86.8 cm³/mol. The molecule has 5 nitrogen and oxygen atoms in total. The molecule has 124 valence electrons. The van der Waals surface area contributed by atoms with E-state index in [1.54, 1.807) is 7.11 Å². The molecule has 2 fully saturated rings. The summed E-state index contributed by atoms with van der Waals surface area (Å²) in [4.78, 5) is 12.6. The predicted octanol–water partition coefficient (Wildman–Crippen LogP) is 1.65. The lowest BCUT2D eigenvalue weighted by Crippen LogP contribution is -2.50. The van der Waals surface area contributed by atoms with Crippen molar-refractivity contribution in [3.05, 3.63) is 23.8 Å². The first-order valence-corrected chi connectivity index (χ1v) is 8.57. The minimum Gasteiger partial charge on any atom is -0.497 e. The molecule has 2 bridgehead atoms. The molecule has 2 N–H and O–H groups in total. The number of hydrogen-bond donors (Lipinski definition) is 2. The van der Waals surface area contributed by atoms with Crippen molar-refractivity contribution >= 4 is 5.91 Å². The Morgan fingerprint density at radius 2 is 2.09 bits per heavy atom. The average molecular weight is 316 g/mol. The molecule has 0 radical (unpaired) electrons. The van der Waals surface area contributed by atoms with E-state index in [0.29, 0.717) is 24.7 Å². The number of methoxy groups -OCH3 is 1. The zero-order valence-electron chi connectivity index (χ0n) is 13.5. The van der Waals surface area contributed by atoms with Gasteiger partial charge in [0.05, 0.1) is 13.0 Å². The van der Waals surface area contributed by atoms with Crippen LogP contribution in [0.15, 0.2) is 18.2 Å². The molecule has 0 spiro atoms. The van der Waals surface area contributed by atoms with E-state index in [4.69, 9.17) is 9.47 Å². The highest BCUT2D eigenvalue weighted by atomic mass is 16.5. The van der Waals surface area contributed by atoms with E-state index in [9.17, 15) is 4.79 Å². The number of amides is 1. The van der Waals surface area contributed by atoms with Gasteiger partial charge in [-0.25, -0.2) is 0 Å². The molecule has 1 aromatic carbocycles. The van der Waals surface area contributed by atoms with Crippen molar-refractivity contribution in [2.45, 2.75) is 50.2 Å². The van der Waals surface area contributed by atoms with Gasteiger partial charge in [0.2, 0.25) is 5.91 Å². The van der Waals surface area contributed by atoms with E-state index in [2.05, 4.69) is 10.6 Å². The Balaban J connectivity index is 1.39. The van der Waals surface area contributed by atoms with Crippen molar-refractivity contribution in [2.75, 3.05) is 13.7 Å². The Bertz CT molecular complexity index is 592. The Labute approximate surface area is 136 Å². The number of carbonyl (C=O) groups is 1. The van der Waals surface area contributed by atoms with E-state index in [0.717, 1.165) is 36.3 Å². The van der Waals surface area contributed by atoms with Gasteiger partial charge in [0.15, 0.2) is 0 Å². The lowest BCUT2D eigenvalue weighted by Gasteiger charge is -2.32. The van der Waals surface area contributed by atoms with Crippen molar-refractivity contribution in [1.82, 2.24) is 10.6 Å². The Morgan fingerprint density at radius 3 is 2.83 bits per heavy atom. The molecule has 1 amide bonds. The topological polar surface area (TPSA) is 59.6 Å². The number of nitrogens with one attached hydrogen (secondary N) is 2. The van der Waals surface area contributed by atoms with Gasteiger partial charge in [-0.2, -0.15) is 0 Å². The summed E-state index contributed by atoms with van der Waals surface area (Å²) in [5, 5.41) is 6.87. The molecule has 5 heteroatoms. The molecule has 3 unspecified atom stereocenters. The number of fused-ring (bicyclic) bond motifs is 3. The maximum atomic E-state index is 12.6. The maximum Gasteiger partial charge on any atom is 0.227 e. The maximum absolute atomic E-state index is 12.6. The van der Waals surface area contributed by atoms with Crippen molar-refractivity contribution in [1.29, 1.82) is 0 Å². The molecule has 2 saturated heterocycles. The van der Waals surface area contributed by atoms with Gasteiger partial charge in [0.25, 0.3) is 0 Å². The third-order valence-corrected chi connectivity index (χ3v) is 5.36. The molecule has 0 aromatic heterocycles. The first kappa shape index (κ1) is 14.8. The molecule has 3 heterocycles. The average Bonchev–Trinajstić information content (AvgIpc) is 2.92. The van der Waals surface area contributed by atoms with Crippen LogP contribution in [0.3, 0.4) is 0 Å². The first-order valence-electron chi connectivity index (χ1n) is 8.57. The van der Waals surface area contributed by atoms with Gasteiger partial charge < -0.3 is 20.1 Å². The summed E-state index contributed by atoms with van der Waals surface area (Å²) in [5.41, 5.74) is 1.06. The third kappa shape index (κ3) is 3.02. The van der Waals surface area contributed by atoms with Gasteiger partial charge in [0.1, 0.15) is 18.1 Å². The Hall–Kier alpha value is -1.75. The van der Waals surface area contributed by atoms with Crippen LogP contribution in [0.5, 0.6) is 11.5 Å². The normalized spacial score (nSPS) is 31.9. The van der Waals surface area contributed by atoms with Gasteiger partial charge in [-0.3, -0.25) is 4.79 Å². The van der Waals surface area contributed by atoms with Crippen LogP contribution in [0, 0.1) is 5.92 Å². The number of ether oxygens (including phenoxy) is 2. The van der Waals surface area contributed by atoms with Crippen molar-refractivity contribution in [2.24, 2.45) is 5.92 Å². The number of hydrogen-bond acceptors (Lipinski definition) is 4. The zero-order valence-corrected chi connectivity index (χ0v) is 13.5. The van der Waals surface area contributed by atoms with Crippen LogP contribution in [0.1, 0.15) is 31.2 Å². The molecule has 3 atom stereocenters. The molecule has 3 aliphatic rings. The van der Waals surface area contributed by atoms with Crippen molar-refractivity contribution < 1.29 is 14.3 Å². The summed E-state index contributed by atoms with van der Waals surface area (Å²) < 4.78 is 11.0. The molecule has 4 rings (SSSR count). The smallest absolute Gasteiger partial charge is 0.227 e. The molecule has 1 aromatic rings. The van der Waals surface area contributed by atoms with Gasteiger partial charge in [-0.05, 0) is 55.9 Å². The molecular weight excluding hydrogens is 292 g/mol. The SMILES string of the molecule is COc1ccc2c(c1)CC(C(=O)NC1CC3CCC(C1)N3)CO2. The Kier molecular flexibility index (Phi) is 3.89. The standard InChI is InChI=1S/C18H24N2O3/c1-22-16-4-5-17-11(7-16)6-12(10-23-17)18(21)20-15-8-13-2-3-14(9-15)19-13/h4-5,7,12-15,19H,2-3,6,8-10H2,1H3,(H,20,21). The van der Waals surface area contributed by atoms with Crippen LogP contribution in [-0.2, 0) is 11.2 Å². The van der Waals surface area contributed by atoms with Crippen LogP contribution < -0.4 is 20.1 Å². The van der Waals surface area contributed by atoms with Crippen LogP contribution in [-0.4, -0.2) is 37.7 Å². The van der Waals surface area contributed by atoms with Crippen molar-refractivity contribution in [3.63, 3.8) is 0 Å². The summed E-state index contributed by atoms with van der Waals surface area (Å²) in [6.07, 6.45) is 5.32. The monoisotopic (exact) mass is 316 g/mol. The fourth-order valence-corrected chi connectivity index (χ4v) is 4.16. The van der Waals surface area contributed by atoms with Crippen LogP contribution in [0.2, 0.25) is 0 Å². The first-order chi connectivity index (χ1) is 11.2. The molecule has 3 aliphatic heterocycles.